The van der Waals surface area contributed by atoms with Crippen LogP contribution < -0.4 is 4.74 Å². The van der Waals surface area contributed by atoms with E-state index in [0.29, 0.717) is 12.2 Å². The third-order valence-corrected chi connectivity index (χ3v) is 5.44. The van der Waals surface area contributed by atoms with Gasteiger partial charge in [0.25, 0.3) is 0 Å². The van der Waals surface area contributed by atoms with Crippen LogP contribution in [0.15, 0.2) is 24.5 Å². The van der Waals surface area contributed by atoms with Crippen LogP contribution in [-0.4, -0.2) is 21.2 Å². The number of fused-ring (bicyclic) bond motifs is 3. The number of nitrogens with zero attached hydrogens (tertiary/aromatic N) is 3. The van der Waals surface area contributed by atoms with Crippen LogP contribution in [0, 0.1) is 10.1 Å². The first kappa shape index (κ1) is 15.6. The summed E-state index contributed by atoms with van der Waals surface area (Å²) in [6.45, 7) is 0. The molecule has 0 amide bonds. The SMILES string of the molecule is O=Cc1ccc(Oc2ncnc3sc4c(c23)CCCC4)c([N+](=O)[O-])c1. The van der Waals surface area contributed by atoms with E-state index in [0.717, 1.165) is 35.9 Å². The van der Waals surface area contributed by atoms with Gasteiger partial charge in [0.1, 0.15) is 17.4 Å². The van der Waals surface area contributed by atoms with Gasteiger partial charge in [0.2, 0.25) is 11.6 Å². The fraction of sp³-hybridized carbons (Fsp3) is 0.235. The van der Waals surface area contributed by atoms with Crippen molar-refractivity contribution in [3.8, 4) is 11.6 Å². The molecule has 0 unspecified atom stereocenters. The average molecular weight is 355 g/mol. The highest BCUT2D eigenvalue weighted by Crippen LogP contribution is 2.41. The number of benzene rings is 1. The molecule has 1 aliphatic rings. The Bertz CT molecular complexity index is 999. The molecule has 4 rings (SSSR count). The van der Waals surface area contributed by atoms with Gasteiger partial charge in [-0.3, -0.25) is 14.9 Å². The molecule has 0 saturated carbocycles. The predicted molar refractivity (Wildman–Crippen MR) is 92.6 cm³/mol. The quantitative estimate of drug-likeness (QED) is 0.397. The number of hydrogen-bond donors (Lipinski definition) is 0. The van der Waals surface area contributed by atoms with Gasteiger partial charge in [-0.25, -0.2) is 9.97 Å². The fourth-order valence-electron chi connectivity index (χ4n) is 3.08. The average Bonchev–Trinajstić information content (AvgIpc) is 3.01. The molecule has 2 aromatic heterocycles. The lowest BCUT2D eigenvalue weighted by Gasteiger charge is -2.12. The van der Waals surface area contributed by atoms with Gasteiger partial charge < -0.3 is 4.74 Å². The Labute approximate surface area is 146 Å². The number of ether oxygens (including phenoxy) is 1. The van der Waals surface area contributed by atoms with Crippen molar-refractivity contribution in [2.45, 2.75) is 25.7 Å². The maximum Gasteiger partial charge on any atom is 0.312 e. The summed E-state index contributed by atoms with van der Waals surface area (Å²) in [7, 11) is 0. The van der Waals surface area contributed by atoms with E-state index in [1.165, 1.54) is 35.0 Å². The van der Waals surface area contributed by atoms with E-state index in [1.54, 1.807) is 11.3 Å². The molecule has 1 aliphatic carbocycles. The largest absolute Gasteiger partial charge is 0.431 e. The number of aromatic nitrogens is 2. The molecule has 0 bridgehead atoms. The minimum atomic E-state index is -0.566. The molecular formula is C17H13N3O4S. The lowest BCUT2D eigenvalue weighted by Crippen LogP contribution is -2.00. The van der Waals surface area contributed by atoms with Crippen LogP contribution in [0.25, 0.3) is 10.2 Å². The van der Waals surface area contributed by atoms with Crippen molar-refractivity contribution in [1.29, 1.82) is 0 Å². The Morgan fingerprint density at radius 3 is 2.88 bits per heavy atom. The van der Waals surface area contributed by atoms with Gasteiger partial charge in [-0.1, -0.05) is 0 Å². The Morgan fingerprint density at radius 1 is 1.24 bits per heavy atom. The van der Waals surface area contributed by atoms with Gasteiger partial charge in [0.05, 0.1) is 10.3 Å². The third kappa shape index (κ3) is 2.74. The van der Waals surface area contributed by atoms with E-state index in [4.69, 9.17) is 4.74 Å². The van der Waals surface area contributed by atoms with Gasteiger partial charge in [-0.15, -0.1) is 11.3 Å². The second kappa shape index (κ2) is 6.21. The van der Waals surface area contributed by atoms with E-state index in [2.05, 4.69) is 9.97 Å². The summed E-state index contributed by atoms with van der Waals surface area (Å²) >= 11 is 1.63. The molecule has 126 valence electrons. The second-order valence-corrected chi connectivity index (χ2v) is 6.86. The highest BCUT2D eigenvalue weighted by molar-refractivity contribution is 7.18. The Morgan fingerprint density at radius 2 is 2.08 bits per heavy atom. The first-order chi connectivity index (χ1) is 12.2. The van der Waals surface area contributed by atoms with Crippen molar-refractivity contribution < 1.29 is 14.5 Å². The number of aldehydes is 1. The summed E-state index contributed by atoms with van der Waals surface area (Å²) in [5, 5.41) is 12.1. The number of nitro benzene ring substituents is 1. The Balaban J connectivity index is 1.83. The van der Waals surface area contributed by atoms with Crippen LogP contribution in [0.1, 0.15) is 33.6 Å². The monoisotopic (exact) mass is 355 g/mol. The fourth-order valence-corrected chi connectivity index (χ4v) is 4.30. The molecule has 0 spiro atoms. The number of rotatable bonds is 4. The molecular weight excluding hydrogens is 342 g/mol. The van der Waals surface area contributed by atoms with Crippen molar-refractivity contribution in [3.05, 3.63) is 50.6 Å². The van der Waals surface area contributed by atoms with Crippen molar-refractivity contribution in [2.24, 2.45) is 0 Å². The topological polar surface area (TPSA) is 95.2 Å². The second-order valence-electron chi connectivity index (χ2n) is 5.77. The van der Waals surface area contributed by atoms with Crippen LogP contribution in [-0.2, 0) is 12.8 Å². The first-order valence-electron chi connectivity index (χ1n) is 7.84. The number of carbonyl (C=O) groups is 1. The Kier molecular flexibility index (Phi) is 3.89. The summed E-state index contributed by atoms with van der Waals surface area (Å²) in [6, 6.07) is 4.11. The molecule has 7 nitrogen and oxygen atoms in total. The van der Waals surface area contributed by atoms with Gasteiger partial charge >= 0.3 is 5.69 Å². The molecule has 25 heavy (non-hydrogen) atoms. The van der Waals surface area contributed by atoms with Gasteiger partial charge in [0, 0.05) is 16.5 Å². The van der Waals surface area contributed by atoms with Gasteiger partial charge in [-0.2, -0.15) is 0 Å². The van der Waals surface area contributed by atoms with Gasteiger partial charge in [0.15, 0.2) is 0 Å². The number of nitro groups is 1. The van der Waals surface area contributed by atoms with Crippen LogP contribution >= 0.6 is 11.3 Å². The van der Waals surface area contributed by atoms with Crippen molar-refractivity contribution >= 4 is 33.5 Å². The summed E-state index contributed by atoms with van der Waals surface area (Å²) < 4.78 is 5.81. The number of hydrogen-bond acceptors (Lipinski definition) is 7. The smallest absolute Gasteiger partial charge is 0.312 e. The summed E-state index contributed by atoms with van der Waals surface area (Å²) in [6.07, 6.45) is 6.18. The van der Waals surface area contributed by atoms with E-state index < -0.39 is 4.92 Å². The van der Waals surface area contributed by atoms with E-state index in [9.17, 15) is 14.9 Å². The number of thiophene rings is 1. The molecule has 1 aromatic carbocycles. The Hall–Kier alpha value is -2.87. The van der Waals surface area contributed by atoms with Crippen molar-refractivity contribution in [1.82, 2.24) is 9.97 Å². The summed E-state index contributed by atoms with van der Waals surface area (Å²) in [5.41, 5.74) is 1.15. The van der Waals surface area contributed by atoms with E-state index in [1.807, 2.05) is 0 Å². The third-order valence-electron chi connectivity index (χ3n) is 4.24. The highest BCUT2D eigenvalue weighted by atomic mass is 32.1. The molecule has 0 saturated heterocycles. The van der Waals surface area contributed by atoms with Gasteiger partial charge in [-0.05, 0) is 43.4 Å². The minimum absolute atomic E-state index is 0.0614. The summed E-state index contributed by atoms with van der Waals surface area (Å²) in [5.74, 6) is 0.387. The molecule has 0 fully saturated rings. The van der Waals surface area contributed by atoms with Crippen LogP contribution in [0.3, 0.4) is 0 Å². The highest BCUT2D eigenvalue weighted by Gasteiger charge is 2.23. The molecule has 2 heterocycles. The van der Waals surface area contributed by atoms with E-state index >= 15 is 0 Å². The van der Waals surface area contributed by atoms with E-state index in [-0.39, 0.29) is 17.0 Å². The molecule has 0 atom stereocenters. The van der Waals surface area contributed by atoms with Crippen molar-refractivity contribution in [3.63, 3.8) is 0 Å². The minimum Gasteiger partial charge on any atom is -0.431 e. The first-order valence-corrected chi connectivity index (χ1v) is 8.65. The lowest BCUT2D eigenvalue weighted by atomic mass is 9.97. The molecule has 8 heteroatoms. The lowest BCUT2D eigenvalue weighted by molar-refractivity contribution is -0.385. The summed E-state index contributed by atoms with van der Waals surface area (Å²) in [4.78, 5) is 32.3. The zero-order valence-corrected chi connectivity index (χ0v) is 13.9. The molecule has 0 N–H and O–H groups in total. The maximum atomic E-state index is 11.3. The molecule has 3 aromatic rings. The predicted octanol–water partition coefficient (Wildman–Crippen LogP) is 4.08. The molecule has 0 aliphatic heterocycles. The normalized spacial score (nSPS) is 13.4. The zero-order valence-electron chi connectivity index (χ0n) is 13.1. The standard InChI is InChI=1S/C17H13N3O4S/c21-8-10-5-6-13(12(7-10)20(22)23)24-16-15-11-3-1-2-4-14(11)25-17(15)19-9-18-16/h5-9H,1-4H2. The van der Waals surface area contributed by atoms with Crippen LogP contribution in [0.5, 0.6) is 11.6 Å². The van der Waals surface area contributed by atoms with Crippen LogP contribution in [0.4, 0.5) is 5.69 Å². The van der Waals surface area contributed by atoms with Crippen molar-refractivity contribution in [2.75, 3.05) is 0 Å². The number of carbonyl (C=O) groups excluding carboxylic acids is 1. The number of aryl methyl sites for hydroxylation is 2. The van der Waals surface area contributed by atoms with Crippen LogP contribution in [0.2, 0.25) is 0 Å². The molecule has 0 radical (unpaired) electrons. The maximum absolute atomic E-state index is 11.3. The zero-order chi connectivity index (χ0) is 17.4.